The summed E-state index contributed by atoms with van der Waals surface area (Å²) in [6.45, 7) is 0. The minimum Gasteiger partial charge on any atom is -0.497 e. The Hall–Kier alpha value is -4.18. The number of amides is 1. The Labute approximate surface area is 180 Å². The van der Waals surface area contributed by atoms with Crippen molar-refractivity contribution < 1.29 is 19.4 Å². The second-order valence-corrected chi connectivity index (χ2v) is 6.65. The molecular formula is C20H15ClN4O6. The van der Waals surface area contributed by atoms with Crippen molar-refractivity contribution in [3.8, 4) is 5.75 Å². The molecule has 0 aliphatic heterocycles. The molecule has 0 aromatic heterocycles. The number of methoxy groups -OCH3 is 1. The number of hydrogen-bond acceptors (Lipinski definition) is 7. The molecule has 0 unspecified atom stereocenters. The second kappa shape index (κ2) is 9.09. The van der Waals surface area contributed by atoms with Gasteiger partial charge in [-0.1, -0.05) is 11.6 Å². The van der Waals surface area contributed by atoms with E-state index >= 15 is 0 Å². The topological polar surface area (TPSA) is 137 Å². The van der Waals surface area contributed by atoms with Gasteiger partial charge in [0.25, 0.3) is 17.3 Å². The summed E-state index contributed by atoms with van der Waals surface area (Å²) in [4.78, 5) is 34.2. The number of nitrogens with one attached hydrogen (secondary N) is 2. The van der Waals surface area contributed by atoms with E-state index in [1.165, 1.54) is 19.2 Å². The lowest BCUT2D eigenvalue weighted by molar-refractivity contribution is -0.393. The van der Waals surface area contributed by atoms with E-state index in [-0.39, 0.29) is 11.3 Å². The first kappa shape index (κ1) is 21.5. The first-order valence-electron chi connectivity index (χ1n) is 8.73. The number of carbonyl (C=O) groups is 1. The van der Waals surface area contributed by atoms with Crippen LogP contribution < -0.4 is 15.4 Å². The number of halogens is 1. The van der Waals surface area contributed by atoms with Gasteiger partial charge in [0.2, 0.25) is 0 Å². The number of nitrogens with zero attached hydrogens (tertiary/aromatic N) is 2. The van der Waals surface area contributed by atoms with Crippen molar-refractivity contribution in [3.63, 3.8) is 0 Å². The fourth-order valence-electron chi connectivity index (χ4n) is 2.72. The van der Waals surface area contributed by atoms with E-state index in [0.717, 1.165) is 12.1 Å². The molecule has 11 heteroatoms. The summed E-state index contributed by atoms with van der Waals surface area (Å²) in [7, 11) is 1.49. The van der Waals surface area contributed by atoms with E-state index in [4.69, 9.17) is 16.3 Å². The minimum absolute atomic E-state index is 0.188. The number of anilines is 3. The van der Waals surface area contributed by atoms with Crippen molar-refractivity contribution in [2.45, 2.75) is 0 Å². The second-order valence-electron chi connectivity index (χ2n) is 6.22. The molecule has 0 bridgehead atoms. The van der Waals surface area contributed by atoms with Crippen LogP contribution in [-0.2, 0) is 0 Å². The van der Waals surface area contributed by atoms with Crippen LogP contribution in [0.15, 0.2) is 60.7 Å². The van der Waals surface area contributed by atoms with Gasteiger partial charge in [0.1, 0.15) is 11.4 Å². The van der Waals surface area contributed by atoms with E-state index in [0.29, 0.717) is 22.1 Å². The Morgan fingerprint density at radius 2 is 1.55 bits per heavy atom. The zero-order chi connectivity index (χ0) is 22.5. The van der Waals surface area contributed by atoms with Gasteiger partial charge in [-0.15, -0.1) is 0 Å². The van der Waals surface area contributed by atoms with Crippen molar-refractivity contribution in [3.05, 3.63) is 91.5 Å². The van der Waals surface area contributed by atoms with Gasteiger partial charge < -0.3 is 15.4 Å². The third-order valence-electron chi connectivity index (χ3n) is 4.22. The number of rotatable bonds is 7. The van der Waals surface area contributed by atoms with Gasteiger partial charge in [-0.25, -0.2) is 0 Å². The maximum atomic E-state index is 12.9. The molecule has 3 rings (SSSR count). The molecule has 0 fully saturated rings. The van der Waals surface area contributed by atoms with Gasteiger partial charge in [0.05, 0.1) is 28.6 Å². The molecule has 0 atom stereocenters. The Kier molecular flexibility index (Phi) is 6.32. The van der Waals surface area contributed by atoms with Crippen LogP contribution in [0.2, 0.25) is 5.02 Å². The standard InChI is InChI=1S/C20H15ClN4O6/c1-31-16-8-6-13(7-9-16)22-19-17(10-15(24(27)28)11-18(19)25(29)30)20(26)23-14-4-2-12(21)3-5-14/h2-11,22H,1H3,(H,23,26). The van der Waals surface area contributed by atoms with E-state index in [1.54, 1.807) is 36.4 Å². The molecule has 158 valence electrons. The van der Waals surface area contributed by atoms with Gasteiger partial charge in [0, 0.05) is 22.5 Å². The van der Waals surface area contributed by atoms with Crippen molar-refractivity contribution in [1.82, 2.24) is 0 Å². The number of ether oxygens (including phenoxy) is 1. The van der Waals surface area contributed by atoms with E-state index < -0.39 is 27.1 Å². The van der Waals surface area contributed by atoms with Crippen LogP contribution in [0, 0.1) is 20.2 Å². The summed E-state index contributed by atoms with van der Waals surface area (Å²) < 4.78 is 5.08. The van der Waals surface area contributed by atoms with E-state index in [2.05, 4.69) is 10.6 Å². The molecule has 0 aliphatic rings. The largest absolute Gasteiger partial charge is 0.497 e. The monoisotopic (exact) mass is 442 g/mol. The summed E-state index contributed by atoms with van der Waals surface area (Å²) >= 11 is 5.83. The molecule has 0 aliphatic carbocycles. The third-order valence-corrected chi connectivity index (χ3v) is 4.47. The minimum atomic E-state index is -0.802. The molecule has 0 spiro atoms. The van der Waals surface area contributed by atoms with Crippen molar-refractivity contribution in [2.24, 2.45) is 0 Å². The van der Waals surface area contributed by atoms with E-state index in [1.807, 2.05) is 0 Å². The van der Waals surface area contributed by atoms with Gasteiger partial charge in [-0.3, -0.25) is 25.0 Å². The van der Waals surface area contributed by atoms with Crippen LogP contribution in [0.25, 0.3) is 0 Å². The molecule has 31 heavy (non-hydrogen) atoms. The predicted molar refractivity (Wildman–Crippen MR) is 115 cm³/mol. The number of nitro benzene ring substituents is 2. The third kappa shape index (κ3) is 5.06. The first-order chi connectivity index (χ1) is 14.8. The molecule has 1 amide bonds. The lowest BCUT2D eigenvalue weighted by Crippen LogP contribution is -2.15. The van der Waals surface area contributed by atoms with Gasteiger partial charge in [-0.2, -0.15) is 0 Å². The highest BCUT2D eigenvalue weighted by atomic mass is 35.5. The summed E-state index contributed by atoms with van der Waals surface area (Å²) in [5, 5.41) is 28.7. The molecule has 3 aromatic carbocycles. The van der Waals surface area contributed by atoms with Gasteiger partial charge >= 0.3 is 0 Å². The Morgan fingerprint density at radius 3 is 2.10 bits per heavy atom. The quantitative estimate of drug-likeness (QED) is 0.380. The summed E-state index contributed by atoms with van der Waals surface area (Å²) in [6.07, 6.45) is 0. The lowest BCUT2D eigenvalue weighted by Gasteiger charge is -2.13. The van der Waals surface area contributed by atoms with Crippen LogP contribution in [0.3, 0.4) is 0 Å². The highest BCUT2D eigenvalue weighted by Crippen LogP contribution is 2.36. The summed E-state index contributed by atoms with van der Waals surface area (Å²) in [5.41, 5.74) is -0.893. The Morgan fingerprint density at radius 1 is 0.935 bits per heavy atom. The van der Waals surface area contributed by atoms with Crippen molar-refractivity contribution in [2.75, 3.05) is 17.7 Å². The van der Waals surface area contributed by atoms with Crippen molar-refractivity contribution in [1.29, 1.82) is 0 Å². The van der Waals surface area contributed by atoms with Crippen molar-refractivity contribution >= 4 is 45.9 Å². The number of non-ortho nitro benzene ring substituents is 1. The smallest absolute Gasteiger partial charge is 0.300 e. The predicted octanol–water partition coefficient (Wildman–Crippen LogP) is 5.16. The van der Waals surface area contributed by atoms with Crippen LogP contribution >= 0.6 is 11.6 Å². The molecule has 2 N–H and O–H groups in total. The highest BCUT2D eigenvalue weighted by molar-refractivity contribution is 6.30. The van der Waals surface area contributed by atoms with E-state index in [9.17, 15) is 25.0 Å². The molecule has 0 heterocycles. The van der Waals surface area contributed by atoms with Crippen LogP contribution in [0.4, 0.5) is 28.4 Å². The van der Waals surface area contributed by atoms with Crippen LogP contribution in [0.5, 0.6) is 5.75 Å². The summed E-state index contributed by atoms with van der Waals surface area (Å²) in [6, 6.07) is 14.3. The fourth-order valence-corrected chi connectivity index (χ4v) is 2.85. The molecule has 3 aromatic rings. The number of carbonyl (C=O) groups excluding carboxylic acids is 1. The summed E-state index contributed by atoms with van der Waals surface area (Å²) in [5.74, 6) is -0.213. The average molecular weight is 443 g/mol. The van der Waals surface area contributed by atoms with Crippen LogP contribution in [0.1, 0.15) is 10.4 Å². The SMILES string of the molecule is COc1ccc(Nc2c(C(=O)Nc3ccc(Cl)cc3)cc([N+](=O)[O-])cc2[N+](=O)[O-])cc1. The first-order valence-corrected chi connectivity index (χ1v) is 9.11. The fraction of sp³-hybridized carbons (Fsp3) is 0.0500. The molecular weight excluding hydrogens is 428 g/mol. The van der Waals surface area contributed by atoms with Crippen LogP contribution in [-0.4, -0.2) is 22.9 Å². The average Bonchev–Trinajstić information content (AvgIpc) is 2.75. The number of nitro groups is 2. The maximum absolute atomic E-state index is 12.9. The zero-order valence-corrected chi connectivity index (χ0v) is 16.8. The maximum Gasteiger partial charge on any atom is 0.300 e. The molecule has 0 radical (unpaired) electrons. The Balaban J connectivity index is 2.08. The lowest BCUT2D eigenvalue weighted by atomic mass is 10.1. The molecule has 0 saturated heterocycles. The normalized spacial score (nSPS) is 10.3. The zero-order valence-electron chi connectivity index (χ0n) is 16.0. The number of benzene rings is 3. The molecule has 0 saturated carbocycles. The Bertz CT molecular complexity index is 1150. The highest BCUT2D eigenvalue weighted by Gasteiger charge is 2.28. The number of hydrogen-bond donors (Lipinski definition) is 2. The molecule has 10 nitrogen and oxygen atoms in total. The van der Waals surface area contributed by atoms with Gasteiger partial charge in [0.15, 0.2) is 0 Å². The van der Waals surface area contributed by atoms with Gasteiger partial charge in [-0.05, 0) is 48.5 Å².